The summed E-state index contributed by atoms with van der Waals surface area (Å²) >= 11 is 6.02. The number of rotatable bonds is 6. The quantitative estimate of drug-likeness (QED) is 0.491. The summed E-state index contributed by atoms with van der Waals surface area (Å²) < 4.78 is 1.19. The lowest BCUT2D eigenvalue weighted by Gasteiger charge is -2.10. The van der Waals surface area contributed by atoms with E-state index in [0.29, 0.717) is 10.7 Å². The maximum absolute atomic E-state index is 12.5. The van der Waals surface area contributed by atoms with Crippen LogP contribution in [-0.2, 0) is 9.59 Å². The number of Topliss-reactive ketones (excluding diaryl/α,β-unsaturated/α-hetero) is 1. The van der Waals surface area contributed by atoms with Crippen LogP contribution in [0.25, 0.3) is 5.95 Å². The average molecular weight is 409 g/mol. The number of nitriles is 1. The van der Waals surface area contributed by atoms with E-state index < -0.39 is 17.7 Å². The molecule has 1 atom stereocenters. The van der Waals surface area contributed by atoms with E-state index in [4.69, 9.17) is 11.6 Å². The van der Waals surface area contributed by atoms with Gasteiger partial charge in [0.05, 0.1) is 16.9 Å². The number of para-hydroxylation sites is 1. The highest BCUT2D eigenvalue weighted by Crippen LogP contribution is 2.23. The van der Waals surface area contributed by atoms with Gasteiger partial charge in [0.1, 0.15) is 11.6 Å². The van der Waals surface area contributed by atoms with Crippen LogP contribution in [0.5, 0.6) is 0 Å². The molecule has 29 heavy (non-hydrogen) atoms. The molecule has 0 bridgehead atoms. The van der Waals surface area contributed by atoms with Gasteiger partial charge in [-0.1, -0.05) is 23.7 Å². The Labute approximate surface area is 169 Å². The normalized spacial score (nSPS) is 11.8. The lowest BCUT2D eigenvalue weighted by Crippen LogP contribution is -2.31. The van der Waals surface area contributed by atoms with E-state index in [-0.39, 0.29) is 17.3 Å². The Balaban J connectivity index is 1.91. The maximum atomic E-state index is 12.5. The number of ketones is 1. The van der Waals surface area contributed by atoms with Gasteiger partial charge in [-0.25, -0.2) is 9.97 Å². The topological polar surface area (TPSA) is 138 Å². The van der Waals surface area contributed by atoms with Crippen molar-refractivity contribution in [2.24, 2.45) is 10.2 Å². The van der Waals surface area contributed by atoms with Crippen molar-refractivity contribution in [3.8, 4) is 12.0 Å². The zero-order chi connectivity index (χ0) is 20.8. The molecule has 1 amide bonds. The number of hydrogen-bond acceptors (Lipinski definition) is 8. The first-order valence-corrected chi connectivity index (χ1v) is 8.61. The third-order valence-electron chi connectivity index (χ3n) is 3.64. The van der Waals surface area contributed by atoms with Crippen LogP contribution in [0.2, 0.25) is 5.02 Å². The molecule has 0 aliphatic heterocycles. The molecular weight excluding hydrogens is 396 g/mol. The van der Waals surface area contributed by atoms with E-state index in [1.807, 2.05) is 6.07 Å². The van der Waals surface area contributed by atoms with E-state index in [0.717, 1.165) is 0 Å². The monoisotopic (exact) mass is 408 g/mol. The van der Waals surface area contributed by atoms with Crippen LogP contribution in [0, 0.1) is 11.3 Å². The minimum absolute atomic E-state index is 0.00417. The number of anilines is 1. The van der Waals surface area contributed by atoms with Gasteiger partial charge in [0.25, 0.3) is 11.9 Å². The minimum atomic E-state index is -1.45. The third kappa shape index (κ3) is 4.48. The number of azo groups is 1. The second-order valence-corrected chi connectivity index (χ2v) is 6.06. The summed E-state index contributed by atoms with van der Waals surface area (Å²) in [6, 6.07) is 8.66. The molecule has 2 aromatic heterocycles. The van der Waals surface area contributed by atoms with E-state index in [1.54, 1.807) is 30.3 Å². The van der Waals surface area contributed by atoms with E-state index >= 15 is 0 Å². The van der Waals surface area contributed by atoms with Gasteiger partial charge >= 0.3 is 0 Å². The van der Waals surface area contributed by atoms with Gasteiger partial charge in [0, 0.05) is 12.4 Å². The Morgan fingerprint density at radius 1 is 1.24 bits per heavy atom. The molecule has 11 heteroatoms. The fourth-order valence-corrected chi connectivity index (χ4v) is 2.44. The molecule has 10 nitrogen and oxygen atoms in total. The SMILES string of the molecule is CC(=O)C(N=Nc1c(C#N)cnn1-c1ncccn1)C(=O)Nc1ccccc1Cl. The summed E-state index contributed by atoms with van der Waals surface area (Å²) in [6.07, 6.45) is 4.25. The lowest BCUT2D eigenvalue weighted by molar-refractivity contribution is -0.126. The first kappa shape index (κ1) is 19.8. The molecule has 0 saturated carbocycles. The molecule has 1 N–H and O–H groups in total. The van der Waals surface area contributed by atoms with Crippen LogP contribution in [0.4, 0.5) is 11.5 Å². The van der Waals surface area contributed by atoms with Crippen molar-refractivity contribution in [3.05, 3.63) is 59.5 Å². The van der Waals surface area contributed by atoms with E-state index in [2.05, 4.69) is 30.6 Å². The fraction of sp³-hybridized carbons (Fsp3) is 0.111. The smallest absolute Gasteiger partial charge is 0.258 e. The number of carbonyl (C=O) groups excluding carboxylic acids is 2. The van der Waals surface area contributed by atoms with Crippen molar-refractivity contribution in [3.63, 3.8) is 0 Å². The van der Waals surface area contributed by atoms with Crippen LogP contribution < -0.4 is 5.32 Å². The summed E-state index contributed by atoms with van der Waals surface area (Å²) in [5.74, 6) is -1.10. The zero-order valence-electron chi connectivity index (χ0n) is 15.0. The average Bonchev–Trinajstić information content (AvgIpc) is 3.13. The van der Waals surface area contributed by atoms with Gasteiger partial charge in [-0.2, -0.15) is 20.2 Å². The molecule has 144 valence electrons. The molecule has 0 aliphatic carbocycles. The Bertz CT molecular complexity index is 1120. The van der Waals surface area contributed by atoms with Gasteiger partial charge in [0.15, 0.2) is 11.6 Å². The Hall–Kier alpha value is -3.97. The van der Waals surface area contributed by atoms with Gasteiger partial charge in [-0.3, -0.25) is 9.59 Å². The molecular formula is C18H13ClN8O2. The van der Waals surface area contributed by atoms with Crippen molar-refractivity contribution in [1.82, 2.24) is 19.7 Å². The standard InChI is InChI=1S/C18H13ClN8O2/c1-11(28)15(17(29)24-14-6-3-2-5-13(14)19)25-26-16-12(9-20)10-23-27(16)18-21-7-4-8-22-18/h2-8,10,15H,1H3,(H,24,29). The molecule has 3 rings (SSSR count). The van der Waals surface area contributed by atoms with Crippen LogP contribution >= 0.6 is 11.6 Å². The number of benzene rings is 1. The van der Waals surface area contributed by atoms with Crippen LogP contribution in [0.15, 0.2) is 59.2 Å². The van der Waals surface area contributed by atoms with Gasteiger partial charge in [-0.15, -0.1) is 5.11 Å². The number of amides is 1. The summed E-state index contributed by atoms with van der Waals surface area (Å²) in [4.78, 5) is 32.6. The lowest BCUT2D eigenvalue weighted by atomic mass is 10.2. The number of nitrogens with one attached hydrogen (secondary N) is 1. The predicted molar refractivity (Wildman–Crippen MR) is 103 cm³/mol. The Kier molecular flexibility index (Phi) is 6.01. The van der Waals surface area contributed by atoms with Crippen molar-refractivity contribution >= 4 is 34.8 Å². The van der Waals surface area contributed by atoms with Gasteiger partial charge < -0.3 is 5.32 Å². The fourth-order valence-electron chi connectivity index (χ4n) is 2.26. The molecule has 2 heterocycles. The second-order valence-electron chi connectivity index (χ2n) is 5.65. The van der Waals surface area contributed by atoms with Crippen molar-refractivity contribution in [2.45, 2.75) is 13.0 Å². The first-order chi connectivity index (χ1) is 14.0. The number of hydrogen-bond donors (Lipinski definition) is 1. The number of halogens is 1. The summed E-state index contributed by atoms with van der Waals surface area (Å²) in [5, 5.41) is 23.9. The molecule has 3 aromatic rings. The number of aromatic nitrogens is 4. The highest BCUT2D eigenvalue weighted by molar-refractivity contribution is 6.33. The molecule has 0 fully saturated rings. The second kappa shape index (κ2) is 8.81. The molecule has 0 spiro atoms. The summed E-state index contributed by atoms with van der Waals surface area (Å²) in [7, 11) is 0. The van der Waals surface area contributed by atoms with Crippen LogP contribution in [0.1, 0.15) is 12.5 Å². The highest BCUT2D eigenvalue weighted by Gasteiger charge is 2.24. The predicted octanol–water partition coefficient (Wildman–Crippen LogP) is 2.87. The Morgan fingerprint density at radius 2 is 1.97 bits per heavy atom. The highest BCUT2D eigenvalue weighted by atomic mass is 35.5. The number of nitrogens with zero attached hydrogens (tertiary/aromatic N) is 7. The van der Waals surface area contributed by atoms with Crippen molar-refractivity contribution in [2.75, 3.05) is 5.32 Å². The Morgan fingerprint density at radius 3 is 2.62 bits per heavy atom. The largest absolute Gasteiger partial charge is 0.322 e. The summed E-state index contributed by atoms with van der Waals surface area (Å²) in [6.45, 7) is 1.21. The van der Waals surface area contributed by atoms with Gasteiger partial charge in [-0.05, 0) is 25.1 Å². The maximum Gasteiger partial charge on any atom is 0.258 e. The molecule has 0 aliphatic rings. The van der Waals surface area contributed by atoms with Crippen LogP contribution in [-0.4, -0.2) is 37.5 Å². The summed E-state index contributed by atoms with van der Waals surface area (Å²) in [5.41, 5.74) is 0.413. The number of carbonyl (C=O) groups is 2. The first-order valence-electron chi connectivity index (χ1n) is 8.23. The molecule has 1 aromatic carbocycles. The van der Waals surface area contributed by atoms with Crippen LogP contribution in [0.3, 0.4) is 0 Å². The molecule has 0 radical (unpaired) electrons. The van der Waals surface area contributed by atoms with E-state index in [9.17, 15) is 14.9 Å². The van der Waals surface area contributed by atoms with E-state index in [1.165, 1.54) is 30.2 Å². The van der Waals surface area contributed by atoms with Crippen molar-refractivity contribution in [1.29, 1.82) is 5.26 Å². The van der Waals surface area contributed by atoms with Crippen molar-refractivity contribution < 1.29 is 9.59 Å². The molecule has 1 unspecified atom stereocenters. The minimum Gasteiger partial charge on any atom is -0.322 e. The third-order valence-corrected chi connectivity index (χ3v) is 3.97. The zero-order valence-corrected chi connectivity index (χ0v) is 15.8. The van der Waals surface area contributed by atoms with Gasteiger partial charge in [0.2, 0.25) is 6.04 Å². The molecule has 0 saturated heterocycles.